The average Bonchev–Trinajstić information content (AvgIpc) is 2.28. The first-order valence-electron chi connectivity index (χ1n) is 5.89. The van der Waals surface area contributed by atoms with E-state index in [1.54, 1.807) is 12.1 Å². The Hall–Kier alpha value is -0.640. The zero-order valence-electron chi connectivity index (χ0n) is 10.6. The molecule has 1 atom stereocenters. The maximum atomic E-state index is 12.9. The zero-order chi connectivity index (χ0) is 12.8. The van der Waals surface area contributed by atoms with Gasteiger partial charge in [0, 0.05) is 25.2 Å². The molecule has 2 nitrogen and oxygen atoms in total. The highest BCUT2D eigenvalue weighted by atomic mass is 35.5. The van der Waals surface area contributed by atoms with Crippen molar-refractivity contribution in [2.75, 3.05) is 6.54 Å². The first kappa shape index (κ1) is 14.4. The Balaban J connectivity index is 2.36. The summed E-state index contributed by atoms with van der Waals surface area (Å²) in [5.41, 5.74) is 0.993. The van der Waals surface area contributed by atoms with Gasteiger partial charge in [-0.25, -0.2) is 4.39 Å². The highest BCUT2D eigenvalue weighted by molar-refractivity contribution is 6.30. The summed E-state index contributed by atoms with van der Waals surface area (Å²) in [6, 6.07) is 5.65. The number of rotatable bonds is 6. The molecule has 0 saturated carbocycles. The molecule has 1 unspecified atom stereocenters. The predicted octanol–water partition coefficient (Wildman–Crippen LogP) is 2.96. The number of benzene rings is 1. The molecule has 0 spiro atoms. The van der Waals surface area contributed by atoms with E-state index in [1.807, 2.05) is 0 Å². The van der Waals surface area contributed by atoms with Gasteiger partial charge in [0.1, 0.15) is 5.82 Å². The molecule has 0 aliphatic heterocycles. The van der Waals surface area contributed by atoms with Gasteiger partial charge in [0.15, 0.2) is 0 Å². The molecule has 2 N–H and O–H groups in total. The molecule has 1 aromatic carbocycles. The lowest BCUT2D eigenvalue weighted by Gasteiger charge is -2.16. The van der Waals surface area contributed by atoms with Crippen LogP contribution in [0.25, 0.3) is 0 Å². The Kier molecular flexibility index (Phi) is 5.89. The third-order valence-corrected chi connectivity index (χ3v) is 2.76. The number of halogens is 2. The van der Waals surface area contributed by atoms with E-state index in [2.05, 4.69) is 31.4 Å². The van der Waals surface area contributed by atoms with Gasteiger partial charge >= 0.3 is 0 Å². The molecule has 0 heterocycles. The largest absolute Gasteiger partial charge is 0.313 e. The number of hydrogen-bond donors (Lipinski definition) is 2. The van der Waals surface area contributed by atoms with Crippen molar-refractivity contribution in [1.82, 2.24) is 10.6 Å². The van der Waals surface area contributed by atoms with Crippen LogP contribution < -0.4 is 10.6 Å². The van der Waals surface area contributed by atoms with Gasteiger partial charge in [-0.05, 0) is 24.6 Å². The van der Waals surface area contributed by atoms with Gasteiger partial charge in [-0.2, -0.15) is 0 Å². The summed E-state index contributed by atoms with van der Waals surface area (Å²) in [5, 5.41) is 6.89. The van der Waals surface area contributed by atoms with Crippen LogP contribution in [0.1, 0.15) is 26.3 Å². The molecular weight excluding hydrogens is 239 g/mol. The second kappa shape index (κ2) is 6.94. The molecule has 1 rings (SSSR count). The van der Waals surface area contributed by atoms with Gasteiger partial charge in [0.25, 0.3) is 0 Å². The standard InChI is InChI=1S/C13H20ClFN2/c1-9(2)16-7-10(3)17-8-11-4-5-13(15)12(14)6-11/h4-6,9-10,16-17H,7-8H2,1-3H3. The van der Waals surface area contributed by atoms with Crippen LogP contribution in [0.3, 0.4) is 0 Å². The molecule has 96 valence electrons. The van der Waals surface area contributed by atoms with Crippen molar-refractivity contribution >= 4 is 11.6 Å². The number of nitrogens with one attached hydrogen (secondary N) is 2. The fourth-order valence-electron chi connectivity index (χ4n) is 1.43. The lowest BCUT2D eigenvalue weighted by molar-refractivity contribution is 0.473. The first-order chi connectivity index (χ1) is 7.99. The normalized spacial score (nSPS) is 13.1. The van der Waals surface area contributed by atoms with E-state index in [4.69, 9.17) is 11.6 Å². The smallest absolute Gasteiger partial charge is 0.141 e. The van der Waals surface area contributed by atoms with Crippen LogP contribution >= 0.6 is 11.6 Å². The van der Waals surface area contributed by atoms with Crippen molar-refractivity contribution in [3.05, 3.63) is 34.6 Å². The van der Waals surface area contributed by atoms with Crippen LogP contribution in [0.15, 0.2) is 18.2 Å². The highest BCUT2D eigenvalue weighted by Gasteiger charge is 2.04. The van der Waals surface area contributed by atoms with Crippen molar-refractivity contribution in [3.63, 3.8) is 0 Å². The van der Waals surface area contributed by atoms with Crippen LogP contribution in [-0.4, -0.2) is 18.6 Å². The Morgan fingerprint density at radius 3 is 2.53 bits per heavy atom. The second-order valence-electron chi connectivity index (χ2n) is 4.59. The molecular formula is C13H20ClFN2. The Bertz CT molecular complexity index is 355. The van der Waals surface area contributed by atoms with Crippen LogP contribution in [0, 0.1) is 5.82 Å². The average molecular weight is 259 g/mol. The van der Waals surface area contributed by atoms with E-state index in [0.717, 1.165) is 12.1 Å². The fraction of sp³-hybridized carbons (Fsp3) is 0.538. The topological polar surface area (TPSA) is 24.1 Å². The van der Waals surface area contributed by atoms with Gasteiger partial charge < -0.3 is 10.6 Å². The molecule has 0 saturated heterocycles. The summed E-state index contributed by atoms with van der Waals surface area (Å²) in [6.45, 7) is 7.95. The fourth-order valence-corrected chi connectivity index (χ4v) is 1.63. The van der Waals surface area contributed by atoms with E-state index in [9.17, 15) is 4.39 Å². The van der Waals surface area contributed by atoms with Gasteiger partial charge in [-0.3, -0.25) is 0 Å². The highest BCUT2D eigenvalue weighted by Crippen LogP contribution is 2.15. The Labute approximate surface area is 108 Å². The van der Waals surface area contributed by atoms with Crippen molar-refractivity contribution in [1.29, 1.82) is 0 Å². The van der Waals surface area contributed by atoms with Crippen molar-refractivity contribution in [3.8, 4) is 0 Å². The van der Waals surface area contributed by atoms with E-state index in [0.29, 0.717) is 18.6 Å². The predicted molar refractivity (Wildman–Crippen MR) is 70.9 cm³/mol. The summed E-state index contributed by atoms with van der Waals surface area (Å²) in [6.07, 6.45) is 0. The third-order valence-electron chi connectivity index (χ3n) is 2.47. The van der Waals surface area contributed by atoms with Crippen LogP contribution in [0.2, 0.25) is 5.02 Å². The van der Waals surface area contributed by atoms with Gasteiger partial charge in [0.2, 0.25) is 0 Å². The molecule has 0 fully saturated rings. The minimum atomic E-state index is -0.370. The maximum absolute atomic E-state index is 12.9. The lowest BCUT2D eigenvalue weighted by atomic mass is 10.2. The van der Waals surface area contributed by atoms with Crippen LogP contribution in [0.5, 0.6) is 0 Å². The molecule has 0 radical (unpaired) electrons. The Morgan fingerprint density at radius 2 is 1.94 bits per heavy atom. The van der Waals surface area contributed by atoms with Crippen molar-refractivity contribution < 1.29 is 4.39 Å². The van der Waals surface area contributed by atoms with Gasteiger partial charge in [-0.15, -0.1) is 0 Å². The van der Waals surface area contributed by atoms with Crippen LogP contribution in [0.4, 0.5) is 4.39 Å². The third kappa shape index (κ3) is 5.48. The van der Waals surface area contributed by atoms with Gasteiger partial charge in [-0.1, -0.05) is 31.5 Å². The molecule has 0 bridgehead atoms. The van der Waals surface area contributed by atoms with E-state index < -0.39 is 0 Å². The van der Waals surface area contributed by atoms with E-state index in [1.165, 1.54) is 6.07 Å². The van der Waals surface area contributed by atoms with Crippen LogP contribution in [-0.2, 0) is 6.54 Å². The minimum absolute atomic E-state index is 0.178. The Morgan fingerprint density at radius 1 is 1.24 bits per heavy atom. The van der Waals surface area contributed by atoms with Crippen molar-refractivity contribution in [2.24, 2.45) is 0 Å². The second-order valence-corrected chi connectivity index (χ2v) is 5.00. The molecule has 4 heteroatoms. The molecule has 17 heavy (non-hydrogen) atoms. The minimum Gasteiger partial charge on any atom is -0.313 e. The summed E-state index contributed by atoms with van der Waals surface area (Å²) in [7, 11) is 0. The molecule has 0 aliphatic carbocycles. The summed E-state index contributed by atoms with van der Waals surface area (Å²) >= 11 is 5.72. The monoisotopic (exact) mass is 258 g/mol. The first-order valence-corrected chi connectivity index (χ1v) is 6.27. The van der Waals surface area contributed by atoms with Crippen molar-refractivity contribution in [2.45, 2.75) is 39.4 Å². The summed E-state index contributed by atoms with van der Waals surface area (Å²) < 4.78 is 12.9. The molecule has 0 amide bonds. The summed E-state index contributed by atoms with van der Waals surface area (Å²) in [4.78, 5) is 0. The van der Waals surface area contributed by atoms with E-state index >= 15 is 0 Å². The zero-order valence-corrected chi connectivity index (χ0v) is 11.3. The lowest BCUT2D eigenvalue weighted by Crippen LogP contribution is -2.38. The molecule has 0 aromatic heterocycles. The van der Waals surface area contributed by atoms with Gasteiger partial charge in [0.05, 0.1) is 5.02 Å². The molecule has 0 aliphatic rings. The molecule has 1 aromatic rings. The quantitative estimate of drug-likeness (QED) is 0.820. The number of hydrogen-bond acceptors (Lipinski definition) is 2. The van der Waals surface area contributed by atoms with E-state index in [-0.39, 0.29) is 10.8 Å². The SMILES string of the molecule is CC(C)NCC(C)NCc1ccc(F)c(Cl)c1. The summed E-state index contributed by atoms with van der Waals surface area (Å²) in [5.74, 6) is -0.370. The maximum Gasteiger partial charge on any atom is 0.141 e.